The molecule has 3 aromatic rings. The summed E-state index contributed by atoms with van der Waals surface area (Å²) >= 11 is 0. The highest BCUT2D eigenvalue weighted by Gasteiger charge is 2.36. The molecule has 34 heavy (non-hydrogen) atoms. The molecule has 2 aliphatic heterocycles. The maximum atomic E-state index is 13.8. The van der Waals surface area contributed by atoms with Gasteiger partial charge in [-0.25, -0.2) is 8.78 Å². The van der Waals surface area contributed by atoms with E-state index in [9.17, 15) is 8.78 Å². The molecule has 3 aliphatic rings. The van der Waals surface area contributed by atoms with Crippen molar-refractivity contribution in [3.05, 3.63) is 48.5 Å². The van der Waals surface area contributed by atoms with Gasteiger partial charge < -0.3 is 19.0 Å². The zero-order valence-corrected chi connectivity index (χ0v) is 19.5. The van der Waals surface area contributed by atoms with Gasteiger partial charge in [0.1, 0.15) is 17.4 Å². The number of rotatable bonds is 5. The molecule has 4 nitrogen and oxygen atoms in total. The molecular formula is C28H32F2N2O2. The van der Waals surface area contributed by atoms with Gasteiger partial charge in [-0.15, -0.1) is 0 Å². The van der Waals surface area contributed by atoms with E-state index < -0.39 is 5.92 Å². The van der Waals surface area contributed by atoms with Gasteiger partial charge in [-0.1, -0.05) is 36.8 Å². The Morgan fingerprint density at radius 1 is 0.882 bits per heavy atom. The largest absolute Gasteiger partial charge is 0.490 e. The van der Waals surface area contributed by atoms with E-state index in [4.69, 9.17) is 9.15 Å². The highest BCUT2D eigenvalue weighted by Crippen LogP contribution is 2.43. The topological polar surface area (TPSA) is 28.9 Å². The third-order valence-electron chi connectivity index (χ3n) is 7.86. The van der Waals surface area contributed by atoms with Crippen LogP contribution in [-0.4, -0.2) is 49.1 Å². The van der Waals surface area contributed by atoms with Gasteiger partial charge in [0.05, 0.1) is 5.56 Å². The third-order valence-corrected chi connectivity index (χ3v) is 7.86. The lowest BCUT2D eigenvalue weighted by atomic mass is 9.90. The first kappa shape index (κ1) is 21.9. The Bertz CT molecular complexity index is 1120. The Morgan fingerprint density at radius 3 is 2.29 bits per heavy atom. The van der Waals surface area contributed by atoms with Crippen molar-refractivity contribution in [2.45, 2.75) is 63.0 Å². The maximum absolute atomic E-state index is 13.8. The van der Waals surface area contributed by atoms with Crippen molar-refractivity contribution >= 4 is 16.9 Å². The summed E-state index contributed by atoms with van der Waals surface area (Å²) in [6, 6.07) is 16.9. The van der Waals surface area contributed by atoms with E-state index in [-0.39, 0.29) is 32.0 Å². The molecule has 6 heteroatoms. The molecule has 1 aromatic heterocycles. The van der Waals surface area contributed by atoms with Gasteiger partial charge >= 0.3 is 0 Å². The lowest BCUT2D eigenvalue weighted by molar-refractivity contribution is -0.0224. The highest BCUT2D eigenvalue weighted by atomic mass is 19.3. The number of hydrogen-bond acceptors (Lipinski definition) is 4. The van der Waals surface area contributed by atoms with Crippen LogP contribution in [-0.2, 0) is 0 Å². The van der Waals surface area contributed by atoms with Crippen molar-refractivity contribution in [2.24, 2.45) is 0 Å². The van der Waals surface area contributed by atoms with Gasteiger partial charge in [0.2, 0.25) is 5.88 Å². The molecule has 1 aliphatic carbocycles. The first-order valence-electron chi connectivity index (χ1n) is 12.7. The quantitative estimate of drug-likeness (QED) is 0.417. The van der Waals surface area contributed by atoms with Crippen LogP contribution >= 0.6 is 0 Å². The minimum absolute atomic E-state index is 0.147. The Labute approximate surface area is 199 Å². The number of ether oxygens (including phenoxy) is 1. The first-order chi connectivity index (χ1) is 16.6. The van der Waals surface area contributed by atoms with E-state index in [0.29, 0.717) is 5.88 Å². The van der Waals surface area contributed by atoms with E-state index in [1.807, 2.05) is 47.4 Å². The smallest absolute Gasteiger partial charge is 0.251 e. The summed E-state index contributed by atoms with van der Waals surface area (Å²) < 4.78 is 40.3. The third kappa shape index (κ3) is 4.28. The summed E-state index contributed by atoms with van der Waals surface area (Å²) in [7, 11) is 0. The Hall–Kier alpha value is -2.60. The van der Waals surface area contributed by atoms with E-state index in [1.165, 1.54) is 19.3 Å². The Kier molecular flexibility index (Phi) is 5.72. The molecule has 180 valence electrons. The number of piperidine rings is 2. The van der Waals surface area contributed by atoms with E-state index in [0.717, 1.165) is 59.8 Å². The second-order valence-corrected chi connectivity index (χ2v) is 10.1. The number of hydrogen-bond donors (Lipinski definition) is 0. The minimum Gasteiger partial charge on any atom is -0.490 e. The molecule has 2 aromatic carbocycles. The van der Waals surface area contributed by atoms with E-state index in [1.54, 1.807) is 0 Å². The fraction of sp³-hybridized carbons (Fsp3) is 0.500. The van der Waals surface area contributed by atoms with Crippen molar-refractivity contribution in [3.63, 3.8) is 0 Å². The summed E-state index contributed by atoms with van der Waals surface area (Å²) in [5.41, 5.74) is 2.75. The normalized spacial score (nSPS) is 22.1. The number of fused-ring (bicyclic) bond motifs is 1. The summed E-state index contributed by atoms with van der Waals surface area (Å²) in [5, 5.41) is 0.991. The zero-order chi connectivity index (χ0) is 23.1. The number of alkyl halides is 2. The van der Waals surface area contributed by atoms with Crippen LogP contribution < -0.4 is 9.64 Å². The summed E-state index contributed by atoms with van der Waals surface area (Å²) in [6.45, 7) is 2.80. The van der Waals surface area contributed by atoms with Gasteiger partial charge in [-0.2, -0.15) is 0 Å². The van der Waals surface area contributed by atoms with Crippen LogP contribution in [0.3, 0.4) is 0 Å². The Morgan fingerprint density at radius 2 is 1.62 bits per heavy atom. The summed E-state index contributed by atoms with van der Waals surface area (Å²) in [5.74, 6) is -1.09. The molecular weight excluding hydrogens is 434 g/mol. The zero-order valence-electron chi connectivity index (χ0n) is 19.5. The average molecular weight is 467 g/mol. The molecule has 0 amide bonds. The molecule has 0 N–H and O–H groups in total. The lowest BCUT2D eigenvalue weighted by Gasteiger charge is -2.41. The molecule has 3 fully saturated rings. The maximum Gasteiger partial charge on any atom is 0.251 e. The van der Waals surface area contributed by atoms with Crippen LogP contribution in [0.5, 0.6) is 5.75 Å². The molecule has 0 radical (unpaired) electrons. The molecule has 2 saturated heterocycles. The molecule has 6 rings (SSSR count). The number of benzene rings is 2. The Balaban J connectivity index is 1.25. The van der Waals surface area contributed by atoms with E-state index >= 15 is 0 Å². The first-order valence-corrected chi connectivity index (χ1v) is 12.7. The van der Waals surface area contributed by atoms with Gasteiger partial charge in [-0.05, 0) is 43.4 Å². The summed E-state index contributed by atoms with van der Waals surface area (Å²) in [4.78, 5) is 4.59. The average Bonchev–Trinajstić information content (AvgIpc) is 3.18. The molecule has 0 unspecified atom stereocenters. The predicted molar refractivity (Wildman–Crippen MR) is 131 cm³/mol. The lowest BCUT2D eigenvalue weighted by Crippen LogP contribution is -2.46. The molecule has 1 saturated carbocycles. The van der Waals surface area contributed by atoms with Gasteiger partial charge in [-0.3, -0.25) is 0 Å². The van der Waals surface area contributed by atoms with Crippen LogP contribution in [0.15, 0.2) is 52.9 Å². The molecule has 0 atom stereocenters. The fourth-order valence-electron chi connectivity index (χ4n) is 5.58. The number of anilines is 1. The standard InChI is InChI=1S/C28H32F2N2O2/c29-28(30)13-17-32(18-14-28)27-26(20-5-2-1-3-6-20)24-10-9-23(19-25(24)34-27)33-22-11-15-31(16-12-22)21-7-4-8-21/h1-3,5-6,9-10,19,21-22H,4,7-8,11-18H2. The number of furan rings is 1. The molecule has 3 heterocycles. The second-order valence-electron chi connectivity index (χ2n) is 10.1. The van der Waals surface area contributed by atoms with E-state index in [2.05, 4.69) is 11.0 Å². The number of nitrogens with zero attached hydrogens (tertiary/aromatic N) is 2. The van der Waals surface area contributed by atoms with Crippen LogP contribution in [0, 0.1) is 0 Å². The molecule has 0 spiro atoms. The highest BCUT2D eigenvalue weighted by molar-refractivity contribution is 6.01. The van der Waals surface area contributed by atoms with Crippen LogP contribution in [0.25, 0.3) is 22.1 Å². The number of likely N-dealkylation sites (tertiary alicyclic amines) is 1. The second kappa shape index (κ2) is 8.88. The van der Waals surface area contributed by atoms with Crippen LogP contribution in [0.2, 0.25) is 0 Å². The van der Waals surface area contributed by atoms with Crippen molar-refractivity contribution in [1.29, 1.82) is 0 Å². The SMILES string of the molecule is FC1(F)CCN(c2oc3cc(OC4CCN(C5CCC5)CC4)ccc3c2-c2ccccc2)CC1. The minimum atomic E-state index is -2.59. The van der Waals surface area contributed by atoms with Gasteiger partial charge in [0, 0.05) is 56.5 Å². The van der Waals surface area contributed by atoms with Gasteiger partial charge in [0.15, 0.2) is 0 Å². The van der Waals surface area contributed by atoms with Crippen molar-refractivity contribution in [3.8, 4) is 16.9 Å². The van der Waals surface area contributed by atoms with Crippen LogP contribution in [0.1, 0.15) is 44.9 Å². The van der Waals surface area contributed by atoms with Crippen LogP contribution in [0.4, 0.5) is 14.7 Å². The fourth-order valence-corrected chi connectivity index (χ4v) is 5.58. The summed E-state index contributed by atoms with van der Waals surface area (Å²) in [6.07, 6.45) is 6.10. The molecule has 0 bridgehead atoms. The monoisotopic (exact) mass is 466 g/mol. The van der Waals surface area contributed by atoms with Crippen molar-refractivity contribution < 1.29 is 17.9 Å². The predicted octanol–water partition coefficient (Wildman–Crippen LogP) is 6.73. The van der Waals surface area contributed by atoms with Gasteiger partial charge in [0.25, 0.3) is 5.92 Å². The van der Waals surface area contributed by atoms with Crippen molar-refractivity contribution in [2.75, 3.05) is 31.1 Å². The van der Waals surface area contributed by atoms with Crippen molar-refractivity contribution in [1.82, 2.24) is 4.90 Å². The number of halogens is 2.